The third-order valence-corrected chi connectivity index (χ3v) is 4.84. The second kappa shape index (κ2) is 6.49. The fraction of sp³-hybridized carbons (Fsp3) is 0.263. The largest absolute Gasteiger partial charge is 0.294 e. The van der Waals surface area contributed by atoms with Gasteiger partial charge in [0.05, 0.1) is 5.75 Å². The van der Waals surface area contributed by atoms with E-state index in [1.807, 2.05) is 55.5 Å². The van der Waals surface area contributed by atoms with E-state index in [0.717, 1.165) is 34.4 Å². The zero-order chi connectivity index (χ0) is 15.5. The number of carbonyl (C=O) groups is 2. The van der Waals surface area contributed by atoms with Crippen molar-refractivity contribution in [2.45, 2.75) is 24.7 Å². The molecule has 112 valence electrons. The molecule has 0 aliphatic heterocycles. The lowest BCUT2D eigenvalue weighted by atomic mass is 10.1. The molecule has 2 aromatic rings. The molecule has 2 nitrogen and oxygen atoms in total. The summed E-state index contributed by atoms with van der Waals surface area (Å²) in [6.07, 6.45) is 2.06. The minimum atomic E-state index is 0.128. The summed E-state index contributed by atoms with van der Waals surface area (Å²) in [6.45, 7) is 2.01. The maximum absolute atomic E-state index is 12.1. The molecule has 1 aliphatic carbocycles. The summed E-state index contributed by atoms with van der Waals surface area (Å²) in [5.41, 5.74) is 2.69. The van der Waals surface area contributed by atoms with Crippen molar-refractivity contribution in [2.24, 2.45) is 5.92 Å². The zero-order valence-corrected chi connectivity index (χ0v) is 13.4. The summed E-state index contributed by atoms with van der Waals surface area (Å²) < 4.78 is 0. The highest BCUT2D eigenvalue weighted by molar-refractivity contribution is 8.00. The second-order valence-electron chi connectivity index (χ2n) is 5.74. The van der Waals surface area contributed by atoms with Crippen molar-refractivity contribution >= 4 is 23.3 Å². The Kier molecular flexibility index (Phi) is 4.44. The Bertz CT molecular complexity index is 682. The second-order valence-corrected chi connectivity index (χ2v) is 6.79. The number of hydrogen-bond donors (Lipinski definition) is 0. The molecule has 0 radical (unpaired) electrons. The predicted octanol–water partition coefficient (Wildman–Crippen LogP) is 4.56. The number of Topliss-reactive ketones (excluding diaryl/α,β-unsaturated/α-hetero) is 2. The van der Waals surface area contributed by atoms with Gasteiger partial charge < -0.3 is 0 Å². The number of ketones is 2. The molecule has 1 fully saturated rings. The van der Waals surface area contributed by atoms with E-state index in [1.165, 1.54) is 11.8 Å². The summed E-state index contributed by atoms with van der Waals surface area (Å²) in [6, 6.07) is 15.3. The fourth-order valence-corrected chi connectivity index (χ4v) is 3.06. The van der Waals surface area contributed by atoms with Crippen molar-refractivity contribution in [3.8, 4) is 0 Å². The Morgan fingerprint density at radius 3 is 2.14 bits per heavy atom. The fourth-order valence-electron chi connectivity index (χ4n) is 2.27. The van der Waals surface area contributed by atoms with Crippen molar-refractivity contribution in [1.29, 1.82) is 0 Å². The number of rotatable bonds is 6. The topological polar surface area (TPSA) is 34.1 Å². The highest BCUT2D eigenvalue weighted by Crippen LogP contribution is 2.33. The molecule has 1 aliphatic rings. The first-order valence-electron chi connectivity index (χ1n) is 7.50. The van der Waals surface area contributed by atoms with Crippen LogP contribution < -0.4 is 0 Å². The van der Waals surface area contributed by atoms with Crippen LogP contribution >= 0.6 is 11.8 Å². The van der Waals surface area contributed by atoms with Crippen LogP contribution in [0.25, 0.3) is 0 Å². The van der Waals surface area contributed by atoms with Crippen LogP contribution in [0.5, 0.6) is 0 Å². The van der Waals surface area contributed by atoms with Crippen LogP contribution in [0.1, 0.15) is 39.1 Å². The summed E-state index contributed by atoms with van der Waals surface area (Å²) in [7, 11) is 0. The van der Waals surface area contributed by atoms with E-state index in [9.17, 15) is 9.59 Å². The van der Waals surface area contributed by atoms with Gasteiger partial charge in [0, 0.05) is 21.9 Å². The first-order valence-corrected chi connectivity index (χ1v) is 8.49. The van der Waals surface area contributed by atoms with Crippen LogP contribution in [-0.2, 0) is 0 Å². The van der Waals surface area contributed by atoms with Crippen molar-refractivity contribution in [1.82, 2.24) is 0 Å². The standard InChI is InChI=1S/C19H18O2S/c1-13-2-4-14(5-3-13)18(20)12-22-17-10-8-16(9-11-17)19(21)15-6-7-15/h2-5,8-11,15H,6-7,12H2,1H3. The smallest absolute Gasteiger partial charge is 0.173 e. The molecule has 0 unspecified atom stereocenters. The molecule has 0 N–H and O–H groups in total. The highest BCUT2D eigenvalue weighted by Gasteiger charge is 2.30. The van der Waals surface area contributed by atoms with Gasteiger partial charge in [-0.05, 0) is 31.9 Å². The zero-order valence-electron chi connectivity index (χ0n) is 12.5. The summed E-state index contributed by atoms with van der Waals surface area (Å²) >= 11 is 1.51. The third kappa shape index (κ3) is 3.66. The van der Waals surface area contributed by atoms with E-state index in [2.05, 4.69) is 0 Å². The van der Waals surface area contributed by atoms with Gasteiger partial charge in [0.2, 0.25) is 0 Å². The maximum Gasteiger partial charge on any atom is 0.173 e. The van der Waals surface area contributed by atoms with Crippen molar-refractivity contribution in [2.75, 3.05) is 5.75 Å². The van der Waals surface area contributed by atoms with Gasteiger partial charge in [0.15, 0.2) is 11.6 Å². The third-order valence-electron chi connectivity index (χ3n) is 3.83. The molecule has 0 amide bonds. The number of hydrogen-bond acceptors (Lipinski definition) is 3. The van der Waals surface area contributed by atoms with Crippen LogP contribution in [0.4, 0.5) is 0 Å². The maximum atomic E-state index is 12.1. The first kappa shape index (κ1) is 15.0. The minimum absolute atomic E-state index is 0.128. The van der Waals surface area contributed by atoms with Gasteiger partial charge in [-0.3, -0.25) is 9.59 Å². The van der Waals surface area contributed by atoms with Gasteiger partial charge in [0.1, 0.15) is 0 Å². The van der Waals surface area contributed by atoms with Crippen molar-refractivity contribution in [3.05, 3.63) is 65.2 Å². The van der Waals surface area contributed by atoms with Crippen molar-refractivity contribution in [3.63, 3.8) is 0 Å². The molecule has 0 bridgehead atoms. The molecule has 3 rings (SSSR count). The van der Waals surface area contributed by atoms with E-state index in [-0.39, 0.29) is 17.5 Å². The summed E-state index contributed by atoms with van der Waals surface area (Å²) in [4.78, 5) is 25.1. The molecule has 1 saturated carbocycles. The first-order chi connectivity index (χ1) is 10.6. The number of aryl methyl sites for hydroxylation is 1. The molecule has 2 aromatic carbocycles. The van der Waals surface area contributed by atoms with Crippen LogP contribution in [-0.4, -0.2) is 17.3 Å². The lowest BCUT2D eigenvalue weighted by Gasteiger charge is -2.04. The number of thioether (sulfide) groups is 1. The molecule has 0 atom stereocenters. The van der Waals surface area contributed by atoms with Crippen LogP contribution in [0.15, 0.2) is 53.4 Å². The SMILES string of the molecule is Cc1ccc(C(=O)CSc2ccc(C(=O)C3CC3)cc2)cc1. The molecular weight excluding hydrogens is 292 g/mol. The number of carbonyl (C=O) groups excluding carboxylic acids is 2. The molecule has 3 heteroatoms. The Labute approximate surface area is 134 Å². The van der Waals surface area contributed by atoms with Gasteiger partial charge in [-0.1, -0.05) is 42.0 Å². The van der Waals surface area contributed by atoms with E-state index in [4.69, 9.17) is 0 Å². The average Bonchev–Trinajstić information content (AvgIpc) is 3.38. The lowest BCUT2D eigenvalue weighted by Crippen LogP contribution is -2.02. The van der Waals surface area contributed by atoms with E-state index < -0.39 is 0 Å². The molecule has 0 saturated heterocycles. The van der Waals surface area contributed by atoms with E-state index in [0.29, 0.717) is 5.75 Å². The minimum Gasteiger partial charge on any atom is -0.294 e. The molecule has 0 spiro atoms. The Morgan fingerprint density at radius 1 is 0.955 bits per heavy atom. The quantitative estimate of drug-likeness (QED) is 0.579. The van der Waals surface area contributed by atoms with E-state index >= 15 is 0 Å². The van der Waals surface area contributed by atoms with Gasteiger partial charge in [0.25, 0.3) is 0 Å². The Morgan fingerprint density at radius 2 is 1.55 bits per heavy atom. The van der Waals surface area contributed by atoms with Crippen LogP contribution in [0.2, 0.25) is 0 Å². The average molecular weight is 310 g/mol. The highest BCUT2D eigenvalue weighted by atomic mass is 32.2. The molecule has 0 aromatic heterocycles. The monoisotopic (exact) mass is 310 g/mol. The molecular formula is C19H18O2S. The predicted molar refractivity (Wildman–Crippen MR) is 89.7 cm³/mol. The lowest BCUT2D eigenvalue weighted by molar-refractivity contribution is 0.0966. The Balaban J connectivity index is 1.57. The molecule has 0 heterocycles. The van der Waals surface area contributed by atoms with E-state index in [1.54, 1.807) is 0 Å². The molecule has 22 heavy (non-hydrogen) atoms. The number of benzene rings is 2. The van der Waals surface area contributed by atoms with Gasteiger partial charge >= 0.3 is 0 Å². The van der Waals surface area contributed by atoms with Gasteiger partial charge in [-0.2, -0.15) is 0 Å². The summed E-state index contributed by atoms with van der Waals surface area (Å²) in [5, 5.41) is 0. The Hall–Kier alpha value is -1.87. The van der Waals surface area contributed by atoms with Gasteiger partial charge in [-0.15, -0.1) is 11.8 Å². The van der Waals surface area contributed by atoms with Crippen LogP contribution in [0.3, 0.4) is 0 Å². The van der Waals surface area contributed by atoms with Crippen LogP contribution in [0, 0.1) is 12.8 Å². The summed E-state index contributed by atoms with van der Waals surface area (Å²) in [5.74, 6) is 1.05. The van der Waals surface area contributed by atoms with Gasteiger partial charge in [-0.25, -0.2) is 0 Å². The van der Waals surface area contributed by atoms with Crippen molar-refractivity contribution < 1.29 is 9.59 Å². The normalized spacial score (nSPS) is 13.9.